The van der Waals surface area contributed by atoms with Crippen LogP contribution in [0.25, 0.3) is 10.9 Å². The topological polar surface area (TPSA) is 48.1 Å². The molecule has 96 valence electrons. The van der Waals surface area contributed by atoms with E-state index in [2.05, 4.69) is 22.5 Å². The molecule has 0 amide bonds. The second-order valence-corrected chi connectivity index (χ2v) is 5.26. The first-order chi connectivity index (χ1) is 9.34. The van der Waals surface area contributed by atoms with E-state index in [1.54, 1.807) is 17.5 Å². The van der Waals surface area contributed by atoms with Crippen LogP contribution in [0.3, 0.4) is 0 Å². The SMILES string of the molecule is Nc1c(OCCc2cccs2)ccc2ncccc12. The number of aromatic nitrogens is 1. The van der Waals surface area contributed by atoms with E-state index in [-0.39, 0.29) is 0 Å². The molecule has 0 bridgehead atoms. The maximum Gasteiger partial charge on any atom is 0.142 e. The zero-order chi connectivity index (χ0) is 13.1. The van der Waals surface area contributed by atoms with Crippen molar-refractivity contribution < 1.29 is 4.74 Å². The number of rotatable bonds is 4. The van der Waals surface area contributed by atoms with Crippen LogP contribution in [0.5, 0.6) is 5.75 Å². The first-order valence-corrected chi connectivity index (χ1v) is 7.01. The smallest absolute Gasteiger partial charge is 0.142 e. The molecule has 0 atom stereocenters. The number of fused-ring (bicyclic) bond motifs is 1. The molecule has 2 heterocycles. The van der Waals surface area contributed by atoms with Crippen molar-refractivity contribution in [2.75, 3.05) is 12.3 Å². The van der Waals surface area contributed by atoms with E-state index >= 15 is 0 Å². The van der Waals surface area contributed by atoms with Gasteiger partial charge in [0.2, 0.25) is 0 Å². The number of benzene rings is 1. The molecule has 0 unspecified atom stereocenters. The van der Waals surface area contributed by atoms with Crippen LogP contribution in [0.4, 0.5) is 5.69 Å². The highest BCUT2D eigenvalue weighted by molar-refractivity contribution is 7.09. The van der Waals surface area contributed by atoms with Crippen LogP contribution >= 0.6 is 11.3 Å². The summed E-state index contributed by atoms with van der Waals surface area (Å²) in [7, 11) is 0. The van der Waals surface area contributed by atoms with Crippen LogP contribution in [0.15, 0.2) is 48.0 Å². The molecular formula is C15H14N2OS. The summed E-state index contributed by atoms with van der Waals surface area (Å²) in [5, 5.41) is 3.02. The summed E-state index contributed by atoms with van der Waals surface area (Å²) < 4.78 is 5.77. The van der Waals surface area contributed by atoms with Crippen molar-refractivity contribution in [3.63, 3.8) is 0 Å². The third-order valence-corrected chi connectivity index (χ3v) is 3.91. The highest BCUT2D eigenvalue weighted by Crippen LogP contribution is 2.29. The first-order valence-electron chi connectivity index (χ1n) is 6.13. The lowest BCUT2D eigenvalue weighted by atomic mass is 10.1. The van der Waals surface area contributed by atoms with Crippen molar-refractivity contribution >= 4 is 27.9 Å². The van der Waals surface area contributed by atoms with E-state index in [4.69, 9.17) is 10.5 Å². The van der Waals surface area contributed by atoms with Crippen LogP contribution in [-0.2, 0) is 6.42 Å². The second kappa shape index (κ2) is 5.28. The molecule has 0 radical (unpaired) electrons. The molecule has 1 aromatic carbocycles. The largest absolute Gasteiger partial charge is 0.491 e. The van der Waals surface area contributed by atoms with Gasteiger partial charge in [-0.1, -0.05) is 6.07 Å². The zero-order valence-electron chi connectivity index (χ0n) is 10.4. The minimum absolute atomic E-state index is 0.635. The lowest BCUT2D eigenvalue weighted by Gasteiger charge is -2.10. The predicted molar refractivity (Wildman–Crippen MR) is 79.7 cm³/mol. The van der Waals surface area contributed by atoms with Crippen molar-refractivity contribution in [2.24, 2.45) is 0 Å². The molecule has 0 aliphatic rings. The summed E-state index contributed by atoms with van der Waals surface area (Å²) in [4.78, 5) is 5.59. The number of hydrogen-bond donors (Lipinski definition) is 1. The van der Waals surface area contributed by atoms with Crippen LogP contribution in [0, 0.1) is 0 Å². The molecule has 0 saturated heterocycles. The fraction of sp³-hybridized carbons (Fsp3) is 0.133. The third-order valence-electron chi connectivity index (χ3n) is 2.97. The number of anilines is 1. The van der Waals surface area contributed by atoms with Gasteiger partial charge in [-0.05, 0) is 35.7 Å². The Balaban J connectivity index is 1.76. The van der Waals surface area contributed by atoms with E-state index in [1.807, 2.05) is 24.3 Å². The lowest BCUT2D eigenvalue weighted by molar-refractivity contribution is 0.325. The Hall–Kier alpha value is -2.07. The molecule has 4 heteroatoms. The lowest BCUT2D eigenvalue weighted by Crippen LogP contribution is -2.03. The van der Waals surface area contributed by atoms with E-state index < -0.39 is 0 Å². The summed E-state index contributed by atoms with van der Waals surface area (Å²) in [6.07, 6.45) is 2.67. The Morgan fingerprint density at radius 3 is 2.95 bits per heavy atom. The van der Waals surface area contributed by atoms with Gasteiger partial charge in [-0.25, -0.2) is 0 Å². The fourth-order valence-corrected chi connectivity index (χ4v) is 2.69. The summed E-state index contributed by atoms with van der Waals surface area (Å²) in [5.74, 6) is 0.733. The van der Waals surface area contributed by atoms with Crippen molar-refractivity contribution in [3.8, 4) is 5.75 Å². The van der Waals surface area contributed by atoms with E-state index in [1.165, 1.54) is 4.88 Å². The minimum atomic E-state index is 0.635. The highest BCUT2D eigenvalue weighted by atomic mass is 32.1. The van der Waals surface area contributed by atoms with Gasteiger partial charge in [0.25, 0.3) is 0 Å². The molecule has 2 aromatic heterocycles. The van der Waals surface area contributed by atoms with Gasteiger partial charge in [-0.15, -0.1) is 11.3 Å². The highest BCUT2D eigenvalue weighted by Gasteiger charge is 2.06. The summed E-state index contributed by atoms with van der Waals surface area (Å²) in [6, 6.07) is 11.8. The van der Waals surface area contributed by atoms with Crippen molar-refractivity contribution in [1.82, 2.24) is 4.98 Å². The summed E-state index contributed by atoms with van der Waals surface area (Å²) in [5.41, 5.74) is 7.67. The van der Waals surface area contributed by atoms with E-state index in [0.717, 1.165) is 23.1 Å². The standard InChI is InChI=1S/C15H14N2OS/c16-15-12-4-1-8-17-13(12)5-6-14(15)18-9-7-11-3-2-10-19-11/h1-6,8,10H,7,9,16H2. The van der Waals surface area contributed by atoms with Gasteiger partial charge in [0.15, 0.2) is 0 Å². The van der Waals surface area contributed by atoms with Gasteiger partial charge >= 0.3 is 0 Å². The summed E-state index contributed by atoms with van der Waals surface area (Å²) >= 11 is 1.74. The molecule has 19 heavy (non-hydrogen) atoms. The molecule has 3 nitrogen and oxygen atoms in total. The molecular weight excluding hydrogens is 256 g/mol. The average Bonchev–Trinajstić information content (AvgIpc) is 2.95. The molecule has 3 aromatic rings. The van der Waals surface area contributed by atoms with Gasteiger partial charge in [0.1, 0.15) is 5.75 Å². The van der Waals surface area contributed by atoms with Crippen molar-refractivity contribution in [3.05, 3.63) is 52.9 Å². The van der Waals surface area contributed by atoms with Crippen LogP contribution < -0.4 is 10.5 Å². The number of nitrogens with zero attached hydrogens (tertiary/aromatic N) is 1. The molecule has 3 rings (SSSR count). The van der Waals surface area contributed by atoms with E-state index in [9.17, 15) is 0 Å². The van der Waals surface area contributed by atoms with Crippen LogP contribution in [-0.4, -0.2) is 11.6 Å². The molecule has 2 N–H and O–H groups in total. The maximum atomic E-state index is 6.12. The normalized spacial score (nSPS) is 10.7. The van der Waals surface area contributed by atoms with Crippen molar-refractivity contribution in [2.45, 2.75) is 6.42 Å². The first kappa shape index (κ1) is 12.0. The van der Waals surface area contributed by atoms with Gasteiger partial charge in [-0.3, -0.25) is 4.98 Å². The average molecular weight is 270 g/mol. The molecule has 0 aliphatic carbocycles. The number of nitrogens with two attached hydrogens (primary N) is 1. The maximum absolute atomic E-state index is 6.12. The minimum Gasteiger partial charge on any atom is -0.491 e. The predicted octanol–water partition coefficient (Wildman–Crippen LogP) is 3.50. The number of ether oxygens (including phenoxy) is 1. The Morgan fingerprint density at radius 1 is 1.16 bits per heavy atom. The van der Waals surface area contributed by atoms with E-state index in [0.29, 0.717) is 12.3 Å². The number of nitrogen functional groups attached to an aromatic ring is 1. The number of pyridine rings is 1. The van der Waals surface area contributed by atoms with Gasteiger partial charge in [0.05, 0.1) is 17.8 Å². The Morgan fingerprint density at radius 2 is 2.11 bits per heavy atom. The Labute approximate surface area is 115 Å². The quantitative estimate of drug-likeness (QED) is 0.738. The van der Waals surface area contributed by atoms with Crippen LogP contribution in [0.1, 0.15) is 4.88 Å². The number of hydrogen-bond acceptors (Lipinski definition) is 4. The Bertz CT molecular complexity index is 680. The Kier molecular flexibility index (Phi) is 3.33. The fourth-order valence-electron chi connectivity index (χ4n) is 2.00. The molecule has 0 spiro atoms. The molecule has 0 saturated carbocycles. The zero-order valence-corrected chi connectivity index (χ0v) is 11.2. The monoisotopic (exact) mass is 270 g/mol. The van der Waals surface area contributed by atoms with Gasteiger partial charge in [0, 0.05) is 22.9 Å². The summed E-state index contributed by atoms with van der Waals surface area (Å²) in [6.45, 7) is 0.635. The van der Waals surface area contributed by atoms with Crippen LogP contribution in [0.2, 0.25) is 0 Å². The molecule has 0 fully saturated rings. The van der Waals surface area contributed by atoms with Crippen molar-refractivity contribution in [1.29, 1.82) is 0 Å². The van der Waals surface area contributed by atoms with Gasteiger partial charge < -0.3 is 10.5 Å². The number of thiophene rings is 1. The molecule has 0 aliphatic heterocycles. The third kappa shape index (κ3) is 2.53. The van der Waals surface area contributed by atoms with Gasteiger partial charge in [-0.2, -0.15) is 0 Å². The second-order valence-electron chi connectivity index (χ2n) is 4.23.